The van der Waals surface area contributed by atoms with Gasteiger partial charge in [0.15, 0.2) is 0 Å². The molecule has 5 heteroatoms. The Labute approximate surface area is 122 Å². The lowest BCUT2D eigenvalue weighted by molar-refractivity contribution is 0.336. The van der Waals surface area contributed by atoms with E-state index in [0.29, 0.717) is 29.3 Å². The molecule has 1 aliphatic carbocycles. The van der Waals surface area contributed by atoms with Crippen LogP contribution in [0.3, 0.4) is 0 Å². The van der Waals surface area contributed by atoms with E-state index in [1.165, 1.54) is 18.9 Å². The van der Waals surface area contributed by atoms with Gasteiger partial charge in [0.2, 0.25) is 5.95 Å². The fourth-order valence-corrected chi connectivity index (χ4v) is 3.78. The number of anilines is 1. The van der Waals surface area contributed by atoms with Crippen LogP contribution in [0.1, 0.15) is 39.2 Å². The molecule has 0 amide bonds. The van der Waals surface area contributed by atoms with E-state index in [1.807, 2.05) is 4.57 Å². The third-order valence-electron chi connectivity index (χ3n) is 4.80. The first-order valence-electron chi connectivity index (χ1n) is 7.15. The van der Waals surface area contributed by atoms with Crippen molar-refractivity contribution in [3.63, 3.8) is 0 Å². The molecule has 108 valence electrons. The van der Waals surface area contributed by atoms with Crippen molar-refractivity contribution in [2.24, 2.45) is 11.8 Å². The minimum absolute atomic E-state index is 0.0908. The number of halogens is 2. The Kier molecular flexibility index (Phi) is 3.36. The molecule has 1 fully saturated rings. The van der Waals surface area contributed by atoms with Crippen molar-refractivity contribution >= 4 is 28.6 Å². The Morgan fingerprint density at radius 1 is 1.45 bits per heavy atom. The smallest absolute Gasteiger partial charge is 0.201 e. The van der Waals surface area contributed by atoms with Gasteiger partial charge in [-0.1, -0.05) is 31.9 Å². The number of imidazole rings is 1. The van der Waals surface area contributed by atoms with Gasteiger partial charge in [-0.15, -0.1) is 0 Å². The molecule has 2 aromatic rings. The van der Waals surface area contributed by atoms with E-state index < -0.39 is 5.82 Å². The van der Waals surface area contributed by atoms with Crippen LogP contribution >= 0.6 is 11.6 Å². The van der Waals surface area contributed by atoms with Gasteiger partial charge in [0, 0.05) is 12.1 Å². The van der Waals surface area contributed by atoms with Gasteiger partial charge in [-0.05, 0) is 30.7 Å². The molecule has 1 aliphatic rings. The van der Waals surface area contributed by atoms with Crippen molar-refractivity contribution in [1.82, 2.24) is 9.55 Å². The summed E-state index contributed by atoms with van der Waals surface area (Å²) in [5.74, 6) is 1.26. The molecule has 0 saturated heterocycles. The van der Waals surface area contributed by atoms with Gasteiger partial charge in [0.1, 0.15) is 5.82 Å². The van der Waals surface area contributed by atoms with Crippen LogP contribution in [0.25, 0.3) is 11.0 Å². The summed E-state index contributed by atoms with van der Waals surface area (Å²) < 4.78 is 15.7. The summed E-state index contributed by atoms with van der Waals surface area (Å²) in [6.07, 6.45) is 3.43. The number of hydrogen-bond acceptors (Lipinski definition) is 2. The summed E-state index contributed by atoms with van der Waals surface area (Å²) in [6.45, 7) is 4.47. The normalized spacial score (nSPS) is 26.5. The average molecular weight is 296 g/mol. The van der Waals surface area contributed by atoms with Gasteiger partial charge in [0.25, 0.3) is 0 Å². The molecule has 1 heterocycles. The van der Waals surface area contributed by atoms with Gasteiger partial charge in [0.05, 0.1) is 16.1 Å². The van der Waals surface area contributed by atoms with Crippen molar-refractivity contribution in [3.05, 3.63) is 23.0 Å². The van der Waals surface area contributed by atoms with Crippen molar-refractivity contribution in [2.75, 3.05) is 5.73 Å². The van der Waals surface area contributed by atoms with Gasteiger partial charge >= 0.3 is 0 Å². The van der Waals surface area contributed by atoms with Crippen molar-refractivity contribution in [3.8, 4) is 0 Å². The Morgan fingerprint density at radius 2 is 2.20 bits per heavy atom. The first-order valence-corrected chi connectivity index (χ1v) is 7.53. The number of hydrogen-bond donors (Lipinski definition) is 1. The maximum atomic E-state index is 13.8. The van der Waals surface area contributed by atoms with E-state index in [0.717, 1.165) is 11.9 Å². The van der Waals surface area contributed by atoms with Crippen LogP contribution in [-0.4, -0.2) is 9.55 Å². The molecule has 3 rings (SSSR count). The number of nitrogen functional groups attached to an aromatic ring is 1. The van der Waals surface area contributed by atoms with E-state index in [4.69, 9.17) is 17.3 Å². The van der Waals surface area contributed by atoms with Crippen LogP contribution in [-0.2, 0) is 0 Å². The molecule has 1 aromatic carbocycles. The number of nitrogens with zero attached hydrogens (tertiary/aromatic N) is 2. The van der Waals surface area contributed by atoms with Crippen molar-refractivity contribution in [1.29, 1.82) is 0 Å². The molecule has 3 unspecified atom stereocenters. The first kappa shape index (κ1) is 13.7. The monoisotopic (exact) mass is 295 g/mol. The van der Waals surface area contributed by atoms with Crippen LogP contribution in [0.15, 0.2) is 12.1 Å². The van der Waals surface area contributed by atoms with E-state index in [-0.39, 0.29) is 5.02 Å². The zero-order valence-corrected chi connectivity index (χ0v) is 12.5. The second-order valence-electron chi connectivity index (χ2n) is 5.77. The highest BCUT2D eigenvalue weighted by Gasteiger charge is 2.34. The summed E-state index contributed by atoms with van der Waals surface area (Å²) in [5, 5.41) is 0.0908. The van der Waals surface area contributed by atoms with Gasteiger partial charge in [-0.2, -0.15) is 0 Å². The molecule has 0 aliphatic heterocycles. The lowest BCUT2D eigenvalue weighted by Gasteiger charge is -2.22. The SMILES string of the molecule is CCC1CCC(n2c(N)nc3cc(Cl)c(F)cc32)C1C. The van der Waals surface area contributed by atoms with E-state index in [2.05, 4.69) is 18.8 Å². The highest BCUT2D eigenvalue weighted by molar-refractivity contribution is 6.31. The van der Waals surface area contributed by atoms with E-state index >= 15 is 0 Å². The molecule has 2 N–H and O–H groups in total. The topological polar surface area (TPSA) is 43.8 Å². The Morgan fingerprint density at radius 3 is 2.85 bits per heavy atom. The molecule has 0 spiro atoms. The third-order valence-corrected chi connectivity index (χ3v) is 5.09. The lowest BCUT2D eigenvalue weighted by atomic mass is 9.93. The molecule has 20 heavy (non-hydrogen) atoms. The number of fused-ring (bicyclic) bond motifs is 1. The Balaban J connectivity index is 2.12. The maximum Gasteiger partial charge on any atom is 0.201 e. The molecule has 3 nitrogen and oxygen atoms in total. The van der Waals surface area contributed by atoms with E-state index in [9.17, 15) is 4.39 Å². The van der Waals surface area contributed by atoms with Gasteiger partial charge in [-0.25, -0.2) is 9.37 Å². The minimum atomic E-state index is -0.419. The predicted octanol–water partition coefficient (Wildman–Crippen LogP) is 4.41. The number of aromatic nitrogens is 2. The average Bonchev–Trinajstić information content (AvgIpc) is 2.90. The largest absolute Gasteiger partial charge is 0.369 e. The summed E-state index contributed by atoms with van der Waals surface area (Å²) in [7, 11) is 0. The lowest BCUT2D eigenvalue weighted by Crippen LogP contribution is -2.17. The predicted molar refractivity (Wildman–Crippen MR) is 80.3 cm³/mol. The summed E-state index contributed by atoms with van der Waals surface area (Å²) >= 11 is 5.82. The number of nitrogens with two attached hydrogens (primary N) is 1. The number of rotatable bonds is 2. The fourth-order valence-electron chi connectivity index (χ4n) is 3.62. The Bertz CT molecular complexity index is 652. The zero-order valence-electron chi connectivity index (χ0n) is 11.7. The van der Waals surface area contributed by atoms with Crippen LogP contribution in [0.5, 0.6) is 0 Å². The summed E-state index contributed by atoms with van der Waals surface area (Å²) in [6, 6.07) is 3.30. The van der Waals surface area contributed by atoms with Crippen molar-refractivity contribution < 1.29 is 4.39 Å². The molecule has 0 radical (unpaired) electrons. The zero-order chi connectivity index (χ0) is 14.4. The molecule has 1 saturated carbocycles. The van der Waals surface area contributed by atoms with Gasteiger partial charge in [-0.3, -0.25) is 0 Å². The second kappa shape index (κ2) is 4.92. The van der Waals surface area contributed by atoms with Crippen LogP contribution < -0.4 is 5.73 Å². The third kappa shape index (κ3) is 1.97. The highest BCUT2D eigenvalue weighted by Crippen LogP contribution is 2.44. The second-order valence-corrected chi connectivity index (χ2v) is 6.17. The van der Waals surface area contributed by atoms with Crippen LogP contribution in [0, 0.1) is 17.7 Å². The number of benzene rings is 1. The van der Waals surface area contributed by atoms with Crippen LogP contribution in [0.2, 0.25) is 5.02 Å². The Hall–Kier alpha value is -1.29. The molecule has 1 aromatic heterocycles. The highest BCUT2D eigenvalue weighted by atomic mass is 35.5. The summed E-state index contributed by atoms with van der Waals surface area (Å²) in [5.41, 5.74) is 7.48. The van der Waals surface area contributed by atoms with Gasteiger partial charge < -0.3 is 10.3 Å². The molecular weight excluding hydrogens is 277 g/mol. The van der Waals surface area contributed by atoms with E-state index in [1.54, 1.807) is 6.07 Å². The molecule has 0 bridgehead atoms. The fraction of sp³-hybridized carbons (Fsp3) is 0.533. The van der Waals surface area contributed by atoms with Crippen molar-refractivity contribution in [2.45, 2.75) is 39.2 Å². The minimum Gasteiger partial charge on any atom is -0.369 e. The molecule has 3 atom stereocenters. The van der Waals surface area contributed by atoms with Crippen LogP contribution in [0.4, 0.5) is 10.3 Å². The standard InChI is InChI=1S/C15H19ClFN3/c1-3-9-4-5-13(8(9)2)20-14-7-11(17)10(16)6-12(14)19-15(20)18/h6-9,13H,3-5H2,1-2H3,(H2,18,19). The quantitative estimate of drug-likeness (QED) is 0.892. The maximum absolute atomic E-state index is 13.8. The first-order chi connectivity index (χ1) is 9.52. The summed E-state index contributed by atoms with van der Waals surface area (Å²) in [4.78, 5) is 4.33. The molecular formula is C15H19ClFN3.